The summed E-state index contributed by atoms with van der Waals surface area (Å²) in [5.41, 5.74) is 5.33. The molecule has 3 N–H and O–H groups in total. The highest BCUT2D eigenvalue weighted by atomic mass is 31.2. The van der Waals surface area contributed by atoms with Crippen molar-refractivity contribution < 1.29 is 37.6 Å². The number of ether oxygens (including phenoxy) is 2. The van der Waals surface area contributed by atoms with E-state index in [-0.39, 0.29) is 32.6 Å². The second kappa shape index (κ2) is 36.3. The molecule has 0 aliphatic carbocycles. The van der Waals surface area contributed by atoms with E-state index in [1.165, 1.54) is 77.0 Å². The molecule has 0 rings (SSSR count). The van der Waals surface area contributed by atoms with Crippen LogP contribution in [0, 0.1) is 0 Å². The van der Waals surface area contributed by atoms with E-state index in [4.69, 9.17) is 24.3 Å². The third-order valence-electron chi connectivity index (χ3n) is 8.31. The monoisotopic (exact) mass is 716 g/mol. The second-order valence-corrected chi connectivity index (χ2v) is 14.6. The summed E-state index contributed by atoms with van der Waals surface area (Å²) in [7, 11) is -4.37. The van der Waals surface area contributed by atoms with Gasteiger partial charge in [-0.25, -0.2) is 4.57 Å². The number of rotatable bonds is 37. The maximum Gasteiger partial charge on any atom is 0.472 e. The minimum Gasteiger partial charge on any atom is -0.462 e. The van der Waals surface area contributed by atoms with Gasteiger partial charge in [-0.3, -0.25) is 18.6 Å². The Morgan fingerprint density at radius 1 is 0.592 bits per heavy atom. The lowest BCUT2D eigenvalue weighted by Gasteiger charge is -2.19. The Balaban J connectivity index is 4.19. The van der Waals surface area contributed by atoms with Gasteiger partial charge in [-0.1, -0.05) is 134 Å². The van der Waals surface area contributed by atoms with E-state index in [2.05, 4.69) is 38.2 Å². The number of hydrogen-bond donors (Lipinski definition) is 2. The summed E-state index contributed by atoms with van der Waals surface area (Å²) in [6.45, 7) is 3.67. The van der Waals surface area contributed by atoms with Crippen LogP contribution in [0.5, 0.6) is 0 Å². The van der Waals surface area contributed by atoms with Gasteiger partial charge < -0.3 is 20.1 Å². The Bertz CT molecular complexity index is 866. The molecule has 2 atom stereocenters. The summed E-state index contributed by atoms with van der Waals surface area (Å²) >= 11 is 0. The lowest BCUT2D eigenvalue weighted by atomic mass is 10.1. The molecule has 0 fully saturated rings. The van der Waals surface area contributed by atoms with Crippen LogP contribution in [0.2, 0.25) is 0 Å². The van der Waals surface area contributed by atoms with Crippen LogP contribution in [-0.2, 0) is 32.7 Å². The summed E-state index contributed by atoms with van der Waals surface area (Å²) in [5, 5.41) is 0. The predicted molar refractivity (Wildman–Crippen MR) is 201 cm³/mol. The topological polar surface area (TPSA) is 134 Å². The van der Waals surface area contributed by atoms with E-state index in [1.54, 1.807) is 0 Å². The maximum absolute atomic E-state index is 12.5. The van der Waals surface area contributed by atoms with Gasteiger partial charge in [0.15, 0.2) is 6.10 Å². The van der Waals surface area contributed by atoms with Crippen LogP contribution in [0.3, 0.4) is 0 Å². The van der Waals surface area contributed by atoms with Crippen LogP contribution < -0.4 is 5.73 Å². The molecule has 0 spiro atoms. The molecule has 0 aromatic heterocycles. The summed E-state index contributed by atoms with van der Waals surface area (Å²) < 4.78 is 32.6. The van der Waals surface area contributed by atoms with Crippen molar-refractivity contribution in [3.8, 4) is 0 Å². The van der Waals surface area contributed by atoms with Crippen LogP contribution in [0.4, 0.5) is 0 Å². The van der Waals surface area contributed by atoms with Gasteiger partial charge in [-0.15, -0.1) is 0 Å². The summed E-state index contributed by atoms with van der Waals surface area (Å²) in [4.78, 5) is 34.7. The molecule has 1 unspecified atom stereocenters. The van der Waals surface area contributed by atoms with Gasteiger partial charge in [0.05, 0.1) is 13.2 Å². The Morgan fingerprint density at radius 2 is 1.02 bits per heavy atom. The molecule has 0 heterocycles. The lowest BCUT2D eigenvalue weighted by molar-refractivity contribution is -0.161. The third kappa shape index (κ3) is 36.1. The van der Waals surface area contributed by atoms with Crippen molar-refractivity contribution in [1.82, 2.24) is 0 Å². The minimum atomic E-state index is -4.37. The number of unbranched alkanes of at least 4 members (excludes halogenated alkanes) is 20. The standard InChI is InChI=1S/C39H74NO8P/c1-3-5-7-9-11-13-15-16-17-18-19-20-22-24-26-28-30-32-39(42)48-37(36-47-49(43,44)46-34-33-40)35-45-38(41)31-29-27-25-23-21-14-12-10-8-6-4-2/h10,12,16-17,37H,3-9,11,13-15,18-36,40H2,1-2H3,(H,43,44)/b12-10-,17-16-/t37-/m1/s1. The number of phosphoric ester groups is 1. The molecule has 0 amide bonds. The molecule has 49 heavy (non-hydrogen) atoms. The fourth-order valence-electron chi connectivity index (χ4n) is 5.31. The van der Waals surface area contributed by atoms with E-state index in [9.17, 15) is 19.0 Å². The molecule has 0 aliphatic rings. The van der Waals surface area contributed by atoms with Crippen LogP contribution in [0.25, 0.3) is 0 Å². The number of hydrogen-bond acceptors (Lipinski definition) is 8. The highest BCUT2D eigenvalue weighted by molar-refractivity contribution is 7.47. The van der Waals surface area contributed by atoms with E-state index >= 15 is 0 Å². The number of nitrogens with two attached hydrogens (primary N) is 1. The van der Waals surface area contributed by atoms with Gasteiger partial charge in [0.2, 0.25) is 0 Å². The number of carbonyl (C=O) groups excluding carboxylic acids is 2. The average Bonchev–Trinajstić information content (AvgIpc) is 3.08. The maximum atomic E-state index is 12.5. The minimum absolute atomic E-state index is 0.0523. The third-order valence-corrected chi connectivity index (χ3v) is 9.29. The molecule has 9 nitrogen and oxygen atoms in total. The average molecular weight is 716 g/mol. The number of phosphoric acid groups is 1. The molecule has 0 aromatic rings. The van der Waals surface area contributed by atoms with Crippen molar-refractivity contribution in [2.75, 3.05) is 26.4 Å². The number of esters is 2. The predicted octanol–water partition coefficient (Wildman–Crippen LogP) is 10.8. The molecule has 10 heteroatoms. The normalized spacial score (nSPS) is 13.6. The largest absolute Gasteiger partial charge is 0.472 e. The zero-order valence-electron chi connectivity index (χ0n) is 31.4. The highest BCUT2D eigenvalue weighted by Crippen LogP contribution is 2.43. The summed E-state index contributed by atoms with van der Waals surface area (Å²) in [5.74, 6) is -0.844. The van der Waals surface area contributed by atoms with Crippen molar-refractivity contribution in [2.45, 2.75) is 187 Å². The van der Waals surface area contributed by atoms with E-state index in [1.807, 2.05) is 0 Å². The first kappa shape index (κ1) is 47.5. The van der Waals surface area contributed by atoms with Crippen molar-refractivity contribution in [1.29, 1.82) is 0 Å². The Hall–Kier alpha value is -1.51. The van der Waals surface area contributed by atoms with E-state index in [0.717, 1.165) is 70.6 Å². The molecule has 0 radical (unpaired) electrons. The van der Waals surface area contributed by atoms with Crippen molar-refractivity contribution in [3.63, 3.8) is 0 Å². The smallest absolute Gasteiger partial charge is 0.462 e. The molecule has 288 valence electrons. The molecule has 0 bridgehead atoms. The van der Waals surface area contributed by atoms with Gasteiger partial charge in [0.25, 0.3) is 0 Å². The van der Waals surface area contributed by atoms with E-state index < -0.39 is 32.5 Å². The fraction of sp³-hybridized carbons (Fsp3) is 0.846. The quantitative estimate of drug-likeness (QED) is 0.0279. The fourth-order valence-corrected chi connectivity index (χ4v) is 6.08. The van der Waals surface area contributed by atoms with Gasteiger partial charge in [0.1, 0.15) is 6.61 Å². The second-order valence-electron chi connectivity index (χ2n) is 13.1. The highest BCUT2D eigenvalue weighted by Gasteiger charge is 2.25. The Morgan fingerprint density at radius 3 is 1.51 bits per heavy atom. The van der Waals surface area contributed by atoms with Crippen LogP contribution >= 0.6 is 7.82 Å². The van der Waals surface area contributed by atoms with Gasteiger partial charge in [0, 0.05) is 19.4 Å². The van der Waals surface area contributed by atoms with Gasteiger partial charge in [-0.2, -0.15) is 0 Å². The Labute approximate surface area is 300 Å². The first-order chi connectivity index (χ1) is 23.8. The lowest BCUT2D eigenvalue weighted by Crippen LogP contribution is -2.29. The first-order valence-electron chi connectivity index (χ1n) is 19.8. The molecule has 0 saturated heterocycles. The molecular weight excluding hydrogens is 641 g/mol. The molecule has 0 aliphatic heterocycles. The zero-order valence-corrected chi connectivity index (χ0v) is 32.3. The van der Waals surface area contributed by atoms with Gasteiger partial charge >= 0.3 is 19.8 Å². The van der Waals surface area contributed by atoms with Gasteiger partial charge in [-0.05, 0) is 57.8 Å². The molecular formula is C39H74NO8P. The zero-order chi connectivity index (χ0) is 36.1. The molecule has 0 saturated carbocycles. The first-order valence-corrected chi connectivity index (χ1v) is 21.3. The van der Waals surface area contributed by atoms with Crippen molar-refractivity contribution in [2.24, 2.45) is 5.73 Å². The number of carbonyl (C=O) groups is 2. The number of allylic oxidation sites excluding steroid dienone is 4. The summed E-state index contributed by atoms with van der Waals surface area (Å²) in [6, 6.07) is 0. The molecule has 0 aromatic carbocycles. The SMILES string of the molecule is CCCC/C=C\CCCCCCCC(=O)OC[C@H](COP(=O)(O)OCCN)OC(=O)CCCCCCCCC/C=C\CCCCCCCC. The summed E-state index contributed by atoms with van der Waals surface area (Å²) in [6.07, 6.45) is 36.3. The van der Waals surface area contributed by atoms with Crippen LogP contribution in [-0.4, -0.2) is 49.3 Å². The van der Waals surface area contributed by atoms with Crippen LogP contribution in [0.15, 0.2) is 24.3 Å². The van der Waals surface area contributed by atoms with Crippen molar-refractivity contribution >= 4 is 19.8 Å². The van der Waals surface area contributed by atoms with E-state index in [0.29, 0.717) is 6.42 Å². The van der Waals surface area contributed by atoms with Crippen molar-refractivity contribution in [3.05, 3.63) is 24.3 Å². The Kier molecular flexibility index (Phi) is 35.2. The van der Waals surface area contributed by atoms with Crippen LogP contribution in [0.1, 0.15) is 181 Å².